The first-order valence-electron chi connectivity index (χ1n) is 8.67. The third-order valence-corrected chi connectivity index (χ3v) is 5.32. The molecule has 1 fully saturated rings. The summed E-state index contributed by atoms with van der Waals surface area (Å²) in [4.78, 5) is 14.7. The van der Waals surface area contributed by atoms with Crippen molar-refractivity contribution in [3.63, 3.8) is 0 Å². The molecule has 154 valence electrons. The van der Waals surface area contributed by atoms with Crippen molar-refractivity contribution in [1.82, 2.24) is 5.32 Å². The number of para-hydroxylation sites is 1. The van der Waals surface area contributed by atoms with Gasteiger partial charge in [-0.25, -0.2) is 0 Å². The minimum atomic E-state index is -0.455. The monoisotopic (exact) mass is 473 g/mol. The molecule has 0 aromatic heterocycles. The molecule has 1 saturated heterocycles. The number of hydrogen-bond donors (Lipinski definition) is 2. The van der Waals surface area contributed by atoms with E-state index in [0.29, 0.717) is 42.8 Å². The van der Waals surface area contributed by atoms with Crippen LogP contribution in [0.3, 0.4) is 0 Å². The van der Waals surface area contributed by atoms with Gasteiger partial charge >= 0.3 is 0 Å². The number of amides is 1. The lowest BCUT2D eigenvalue weighted by molar-refractivity contribution is 0.0977. The fourth-order valence-electron chi connectivity index (χ4n) is 2.94. The molecule has 0 atom stereocenters. The van der Waals surface area contributed by atoms with Crippen LogP contribution in [0.4, 0.5) is 11.4 Å². The molecular formula is C19H18Cl3N3O3S. The van der Waals surface area contributed by atoms with Crippen molar-refractivity contribution in [2.75, 3.05) is 43.6 Å². The zero-order chi connectivity index (χ0) is 21.0. The summed E-state index contributed by atoms with van der Waals surface area (Å²) in [5, 5.41) is 6.83. The second kappa shape index (κ2) is 9.82. The normalized spacial score (nSPS) is 13.7. The lowest BCUT2D eigenvalue weighted by Crippen LogP contribution is -2.38. The summed E-state index contributed by atoms with van der Waals surface area (Å²) in [6, 6.07) is 8.38. The topological polar surface area (TPSA) is 62.8 Å². The SMILES string of the molecule is COc1c(Cl)cc(C(=O)NC(=S)Nc2cccc(Cl)c2N2CCOCC2)cc1Cl. The minimum absolute atomic E-state index is 0.120. The van der Waals surface area contributed by atoms with E-state index in [2.05, 4.69) is 15.5 Å². The predicted molar refractivity (Wildman–Crippen MR) is 121 cm³/mol. The lowest BCUT2D eigenvalue weighted by atomic mass is 10.2. The number of ether oxygens (including phenoxy) is 2. The molecule has 2 aromatic carbocycles. The maximum absolute atomic E-state index is 12.6. The highest BCUT2D eigenvalue weighted by atomic mass is 35.5. The Morgan fingerprint density at radius 1 is 1.14 bits per heavy atom. The van der Waals surface area contributed by atoms with E-state index in [1.54, 1.807) is 6.07 Å². The van der Waals surface area contributed by atoms with Crippen molar-refractivity contribution in [1.29, 1.82) is 0 Å². The molecule has 0 radical (unpaired) electrons. The number of carbonyl (C=O) groups excluding carboxylic acids is 1. The summed E-state index contributed by atoms with van der Waals surface area (Å²) in [5.41, 5.74) is 1.75. The maximum Gasteiger partial charge on any atom is 0.257 e. The Kier molecular flexibility index (Phi) is 7.43. The third kappa shape index (κ3) is 5.24. The summed E-state index contributed by atoms with van der Waals surface area (Å²) in [6.07, 6.45) is 0. The van der Waals surface area contributed by atoms with Crippen LogP contribution in [0, 0.1) is 0 Å². The first-order chi connectivity index (χ1) is 13.9. The van der Waals surface area contributed by atoms with Gasteiger partial charge in [-0.05, 0) is 36.5 Å². The van der Waals surface area contributed by atoms with E-state index in [4.69, 9.17) is 56.5 Å². The largest absolute Gasteiger partial charge is 0.494 e. The number of halogens is 3. The number of methoxy groups -OCH3 is 1. The van der Waals surface area contributed by atoms with E-state index in [1.165, 1.54) is 19.2 Å². The molecule has 2 aromatic rings. The number of hydrogen-bond acceptors (Lipinski definition) is 5. The quantitative estimate of drug-likeness (QED) is 0.631. The van der Waals surface area contributed by atoms with Gasteiger partial charge in [0.15, 0.2) is 10.9 Å². The van der Waals surface area contributed by atoms with Gasteiger partial charge in [0, 0.05) is 18.7 Å². The van der Waals surface area contributed by atoms with Crippen LogP contribution in [0.1, 0.15) is 10.4 Å². The van der Waals surface area contributed by atoms with Crippen molar-refractivity contribution in [2.45, 2.75) is 0 Å². The van der Waals surface area contributed by atoms with E-state index in [0.717, 1.165) is 5.69 Å². The number of morpholine rings is 1. The molecule has 0 aliphatic carbocycles. The van der Waals surface area contributed by atoms with E-state index < -0.39 is 5.91 Å². The Hall–Kier alpha value is -1.77. The Bertz CT molecular complexity index is 913. The van der Waals surface area contributed by atoms with Crippen LogP contribution in [-0.2, 0) is 4.74 Å². The summed E-state index contributed by atoms with van der Waals surface area (Å²) in [5.74, 6) is -0.149. The van der Waals surface area contributed by atoms with Gasteiger partial charge in [0.2, 0.25) is 0 Å². The average molecular weight is 475 g/mol. The third-order valence-electron chi connectivity index (χ3n) is 4.25. The van der Waals surface area contributed by atoms with Gasteiger partial charge in [0.25, 0.3) is 5.91 Å². The van der Waals surface area contributed by atoms with Gasteiger partial charge in [-0.2, -0.15) is 0 Å². The smallest absolute Gasteiger partial charge is 0.257 e. The summed E-state index contributed by atoms with van der Waals surface area (Å²) in [7, 11) is 1.45. The molecule has 6 nitrogen and oxygen atoms in total. The summed E-state index contributed by atoms with van der Waals surface area (Å²) >= 11 is 23.9. The number of carbonyl (C=O) groups is 1. The molecule has 29 heavy (non-hydrogen) atoms. The molecule has 0 unspecified atom stereocenters. The molecule has 1 aliphatic heterocycles. The number of nitrogens with zero attached hydrogens (tertiary/aromatic N) is 1. The fourth-order valence-corrected chi connectivity index (χ4v) is 4.08. The molecular weight excluding hydrogens is 457 g/mol. The Balaban J connectivity index is 1.74. The number of thiocarbonyl (C=S) groups is 1. The van der Waals surface area contributed by atoms with Crippen LogP contribution in [-0.4, -0.2) is 44.4 Å². The zero-order valence-electron chi connectivity index (χ0n) is 15.4. The summed E-state index contributed by atoms with van der Waals surface area (Å²) < 4.78 is 10.5. The fraction of sp³-hybridized carbons (Fsp3) is 0.263. The highest BCUT2D eigenvalue weighted by molar-refractivity contribution is 7.80. The van der Waals surface area contributed by atoms with Gasteiger partial charge in [0.1, 0.15) is 0 Å². The van der Waals surface area contributed by atoms with Crippen LogP contribution in [0.5, 0.6) is 5.75 Å². The van der Waals surface area contributed by atoms with Crippen LogP contribution in [0.2, 0.25) is 15.1 Å². The zero-order valence-corrected chi connectivity index (χ0v) is 18.5. The van der Waals surface area contributed by atoms with E-state index in [-0.39, 0.29) is 20.7 Å². The second-order valence-corrected chi connectivity index (χ2v) is 7.75. The first-order valence-corrected chi connectivity index (χ1v) is 10.2. The molecule has 10 heteroatoms. The van der Waals surface area contributed by atoms with Crippen molar-refractivity contribution in [3.8, 4) is 5.75 Å². The van der Waals surface area contributed by atoms with Crippen LogP contribution in [0.15, 0.2) is 30.3 Å². The Morgan fingerprint density at radius 2 is 1.79 bits per heavy atom. The van der Waals surface area contributed by atoms with E-state index >= 15 is 0 Å². The predicted octanol–water partition coefficient (Wildman–Crippen LogP) is 4.62. The number of anilines is 2. The van der Waals surface area contributed by atoms with Crippen molar-refractivity contribution >= 4 is 69.4 Å². The molecule has 0 bridgehead atoms. The van der Waals surface area contributed by atoms with Gasteiger partial charge < -0.3 is 19.7 Å². The van der Waals surface area contributed by atoms with Crippen LogP contribution in [0.25, 0.3) is 0 Å². The van der Waals surface area contributed by atoms with Crippen LogP contribution < -0.4 is 20.3 Å². The summed E-state index contributed by atoms with van der Waals surface area (Å²) in [6.45, 7) is 2.65. The first kappa shape index (κ1) is 21.9. The van der Waals surface area contributed by atoms with Gasteiger partial charge in [-0.3, -0.25) is 10.1 Å². The van der Waals surface area contributed by atoms with Gasteiger partial charge in [0.05, 0.1) is 46.8 Å². The highest BCUT2D eigenvalue weighted by Gasteiger charge is 2.19. The van der Waals surface area contributed by atoms with Crippen molar-refractivity contribution in [2.24, 2.45) is 0 Å². The second-order valence-electron chi connectivity index (χ2n) is 6.12. The molecule has 1 amide bonds. The highest BCUT2D eigenvalue weighted by Crippen LogP contribution is 2.35. The molecule has 0 saturated carbocycles. The van der Waals surface area contributed by atoms with Crippen molar-refractivity contribution < 1.29 is 14.3 Å². The van der Waals surface area contributed by atoms with Crippen molar-refractivity contribution in [3.05, 3.63) is 51.0 Å². The molecule has 0 spiro atoms. The van der Waals surface area contributed by atoms with Gasteiger partial charge in [-0.1, -0.05) is 40.9 Å². The number of rotatable bonds is 4. The molecule has 3 rings (SSSR count). The number of benzene rings is 2. The van der Waals surface area contributed by atoms with Crippen LogP contribution >= 0.6 is 47.0 Å². The Labute approximate surface area is 189 Å². The maximum atomic E-state index is 12.6. The Morgan fingerprint density at radius 3 is 2.41 bits per heavy atom. The number of nitrogens with one attached hydrogen (secondary N) is 2. The van der Waals surface area contributed by atoms with Gasteiger partial charge in [-0.15, -0.1) is 0 Å². The molecule has 1 heterocycles. The average Bonchev–Trinajstić information content (AvgIpc) is 2.68. The van der Waals surface area contributed by atoms with E-state index in [1.807, 2.05) is 12.1 Å². The van der Waals surface area contributed by atoms with E-state index in [9.17, 15) is 4.79 Å². The molecule has 2 N–H and O–H groups in total. The molecule has 1 aliphatic rings. The minimum Gasteiger partial charge on any atom is -0.494 e. The lowest BCUT2D eigenvalue weighted by Gasteiger charge is -2.31. The standard InChI is InChI=1S/C19H18Cl3N3O3S/c1-27-17-13(21)9-11(10-14(17)22)18(26)24-19(29)23-15-4-2-3-12(20)16(15)25-5-7-28-8-6-25/h2-4,9-10H,5-8H2,1H3,(H2,23,24,26,29).